The summed E-state index contributed by atoms with van der Waals surface area (Å²) in [6.07, 6.45) is 5.21. The number of para-hydroxylation sites is 1. The Morgan fingerprint density at radius 3 is 2.34 bits per heavy atom. The van der Waals surface area contributed by atoms with Crippen molar-refractivity contribution in [1.82, 2.24) is 25.1 Å². The summed E-state index contributed by atoms with van der Waals surface area (Å²) < 4.78 is 21.3. The van der Waals surface area contributed by atoms with Gasteiger partial charge in [0.25, 0.3) is 11.8 Å². The number of nitrogens with zero attached hydrogens (tertiary/aromatic N) is 5. The fourth-order valence-electron chi connectivity index (χ4n) is 8.70. The van der Waals surface area contributed by atoms with Gasteiger partial charge in [-0.1, -0.05) is 37.7 Å². The number of ether oxygens (including phenoxy) is 1. The SMILES string of the molecule is COc1cc(N2CCC(CN3CCC(c4cc5c(cc4F)C(=O)N(C4CCC(=O)NC4=O)C5=O)CC3)CC2)ccc1Nc1ncc(Cl)c(Nc2ccccc2P(C)C)n1. The number of amides is 4. The number of hydrogen-bond donors (Lipinski definition) is 3. The lowest BCUT2D eigenvalue weighted by molar-refractivity contribution is -0.136. The first-order chi connectivity index (χ1) is 28.5. The highest BCUT2D eigenvalue weighted by molar-refractivity contribution is 7.64. The maximum absolute atomic E-state index is 15.5. The number of hydrogen-bond acceptors (Lipinski definition) is 11. The molecule has 4 aromatic rings. The van der Waals surface area contributed by atoms with Crippen LogP contribution in [0.2, 0.25) is 5.02 Å². The topological polar surface area (TPSA) is 149 Å². The molecule has 3 N–H and O–H groups in total. The summed E-state index contributed by atoms with van der Waals surface area (Å²) in [5, 5.41) is 10.5. The number of carbonyl (C=O) groups is 4. The van der Waals surface area contributed by atoms with Gasteiger partial charge < -0.3 is 25.2 Å². The maximum atomic E-state index is 15.5. The van der Waals surface area contributed by atoms with E-state index in [1.165, 1.54) is 11.4 Å². The second-order valence-corrected chi connectivity index (χ2v) is 18.5. The number of piperidine rings is 3. The fraction of sp³-hybridized carbons (Fsp3) is 0.395. The van der Waals surface area contributed by atoms with Crippen LogP contribution in [0.25, 0.3) is 0 Å². The largest absolute Gasteiger partial charge is 0.494 e. The van der Waals surface area contributed by atoms with Crippen LogP contribution in [0.3, 0.4) is 0 Å². The Morgan fingerprint density at radius 2 is 1.63 bits per heavy atom. The third-order valence-corrected chi connectivity index (χ3v) is 13.5. The monoisotopic (exact) mass is 840 g/mol. The van der Waals surface area contributed by atoms with Crippen molar-refractivity contribution in [3.8, 4) is 5.75 Å². The van der Waals surface area contributed by atoms with Crippen LogP contribution in [0.4, 0.5) is 33.2 Å². The number of rotatable bonds is 11. The molecule has 0 spiro atoms. The molecule has 308 valence electrons. The average Bonchev–Trinajstić information content (AvgIpc) is 3.46. The van der Waals surface area contributed by atoms with E-state index in [9.17, 15) is 19.2 Å². The molecule has 1 unspecified atom stereocenters. The van der Waals surface area contributed by atoms with Gasteiger partial charge in [0.15, 0.2) is 5.82 Å². The predicted molar refractivity (Wildman–Crippen MR) is 228 cm³/mol. The zero-order chi connectivity index (χ0) is 41.4. The summed E-state index contributed by atoms with van der Waals surface area (Å²) in [5.74, 6) is -0.922. The molecule has 8 rings (SSSR count). The second-order valence-electron chi connectivity index (χ2n) is 15.8. The highest BCUT2D eigenvalue weighted by atomic mass is 35.5. The van der Waals surface area contributed by atoms with E-state index in [-0.39, 0.29) is 37.8 Å². The number of fused-ring (bicyclic) bond motifs is 1. The second kappa shape index (κ2) is 17.2. The van der Waals surface area contributed by atoms with Crippen LogP contribution in [0.15, 0.2) is 60.8 Å². The number of aromatic nitrogens is 2. The Bertz CT molecular complexity index is 2300. The third-order valence-electron chi connectivity index (χ3n) is 11.9. The first kappa shape index (κ1) is 40.6. The van der Waals surface area contributed by atoms with Crippen LogP contribution in [0.5, 0.6) is 5.75 Å². The standard InChI is InChI=1S/C43H47ClFN8O5P/c1-58-36-20-27(8-9-33(36)48-43-46-23-31(44)39(50-43)47-34-6-4-5-7-37(34)59(2)3)52-18-12-25(13-19-52)24-51-16-14-26(15-17-51)28-21-29-30(22-32(28)45)42(57)53(41(29)56)35-10-11-38(54)49-40(35)55/h4-9,20-23,25-26,35H,10-19,24H2,1-3H3,(H,49,54,55)(H2,46,47,48,50). The van der Waals surface area contributed by atoms with Crippen LogP contribution < -0.4 is 30.9 Å². The Balaban J connectivity index is 0.838. The molecule has 0 saturated carbocycles. The molecule has 1 atom stereocenters. The Hall–Kier alpha value is -5.17. The molecule has 16 heteroatoms. The van der Waals surface area contributed by atoms with Gasteiger partial charge in [0.05, 0.1) is 30.1 Å². The van der Waals surface area contributed by atoms with E-state index in [2.05, 4.69) is 61.2 Å². The van der Waals surface area contributed by atoms with Gasteiger partial charge in [-0.05, 0) is 112 Å². The van der Waals surface area contributed by atoms with Gasteiger partial charge in [-0.2, -0.15) is 4.98 Å². The van der Waals surface area contributed by atoms with Crippen LogP contribution in [0.1, 0.15) is 70.7 Å². The summed E-state index contributed by atoms with van der Waals surface area (Å²) in [6.45, 7) is 8.82. The molecule has 4 aliphatic rings. The molecule has 5 heterocycles. The van der Waals surface area contributed by atoms with Gasteiger partial charge in [0.1, 0.15) is 22.6 Å². The lowest BCUT2D eigenvalue weighted by atomic mass is 9.86. The van der Waals surface area contributed by atoms with E-state index in [0.29, 0.717) is 34.0 Å². The van der Waals surface area contributed by atoms with E-state index in [4.69, 9.17) is 16.3 Å². The molecule has 1 aromatic heterocycles. The molecule has 3 saturated heterocycles. The molecule has 59 heavy (non-hydrogen) atoms. The molecule has 0 aliphatic carbocycles. The number of methoxy groups -OCH3 is 1. The Kier molecular flexibility index (Phi) is 11.8. The number of imide groups is 2. The van der Waals surface area contributed by atoms with E-state index in [1.54, 1.807) is 13.3 Å². The first-order valence-electron chi connectivity index (χ1n) is 20.0. The van der Waals surface area contributed by atoms with Crippen molar-refractivity contribution in [2.75, 3.05) is 68.7 Å². The molecule has 3 fully saturated rings. The molecular formula is C43H47ClFN8O5P. The first-order valence-corrected chi connectivity index (χ1v) is 22.6. The smallest absolute Gasteiger partial charge is 0.262 e. The normalized spacial score (nSPS) is 19.3. The Labute approximate surface area is 348 Å². The van der Waals surface area contributed by atoms with Gasteiger partial charge in [-0.15, -0.1) is 0 Å². The summed E-state index contributed by atoms with van der Waals surface area (Å²) in [6, 6.07) is 15.8. The molecule has 4 amide bonds. The zero-order valence-corrected chi connectivity index (χ0v) is 34.9. The van der Waals surface area contributed by atoms with Crippen molar-refractivity contribution in [3.63, 3.8) is 0 Å². The van der Waals surface area contributed by atoms with Crippen molar-refractivity contribution in [2.24, 2.45) is 5.92 Å². The maximum Gasteiger partial charge on any atom is 0.262 e. The number of carbonyl (C=O) groups excluding carboxylic acids is 4. The quantitative estimate of drug-likeness (QED) is 0.110. The molecule has 4 aliphatic heterocycles. The van der Waals surface area contributed by atoms with Gasteiger partial charge in [-0.25, -0.2) is 9.37 Å². The van der Waals surface area contributed by atoms with Crippen LogP contribution in [-0.2, 0) is 9.59 Å². The molecule has 0 radical (unpaired) electrons. The zero-order valence-electron chi connectivity index (χ0n) is 33.3. The fourth-order valence-corrected chi connectivity index (χ4v) is 9.83. The minimum atomic E-state index is -1.08. The van der Waals surface area contributed by atoms with Crippen LogP contribution in [0, 0.1) is 11.7 Å². The van der Waals surface area contributed by atoms with Crippen LogP contribution >= 0.6 is 19.5 Å². The predicted octanol–water partition coefficient (Wildman–Crippen LogP) is 6.63. The molecular weight excluding hydrogens is 794 g/mol. The highest BCUT2D eigenvalue weighted by Gasteiger charge is 2.45. The highest BCUT2D eigenvalue weighted by Crippen LogP contribution is 2.38. The minimum Gasteiger partial charge on any atom is -0.494 e. The van der Waals surface area contributed by atoms with E-state index in [0.717, 1.165) is 86.4 Å². The molecule has 13 nitrogen and oxygen atoms in total. The van der Waals surface area contributed by atoms with Gasteiger partial charge in [-0.3, -0.25) is 29.4 Å². The van der Waals surface area contributed by atoms with Crippen molar-refractivity contribution < 1.29 is 28.3 Å². The molecule has 3 aromatic carbocycles. The van der Waals surface area contributed by atoms with Crippen molar-refractivity contribution >= 4 is 77.3 Å². The average molecular weight is 841 g/mol. The summed E-state index contributed by atoms with van der Waals surface area (Å²) >= 11 is 6.51. The van der Waals surface area contributed by atoms with Crippen molar-refractivity contribution in [3.05, 3.63) is 88.3 Å². The third kappa shape index (κ3) is 8.49. The number of likely N-dealkylation sites (tertiary alicyclic amines) is 1. The van der Waals surface area contributed by atoms with E-state index >= 15 is 4.39 Å². The summed E-state index contributed by atoms with van der Waals surface area (Å²) in [4.78, 5) is 65.4. The van der Waals surface area contributed by atoms with E-state index in [1.807, 2.05) is 30.3 Å². The van der Waals surface area contributed by atoms with Crippen molar-refractivity contribution in [2.45, 2.75) is 50.5 Å². The number of benzene rings is 3. The number of anilines is 5. The number of halogens is 2. The van der Waals surface area contributed by atoms with E-state index < -0.39 is 35.5 Å². The van der Waals surface area contributed by atoms with Crippen LogP contribution in [-0.4, -0.2) is 103 Å². The Morgan fingerprint density at radius 1 is 0.898 bits per heavy atom. The van der Waals surface area contributed by atoms with Gasteiger partial charge in [0, 0.05) is 43.5 Å². The van der Waals surface area contributed by atoms with Gasteiger partial charge >= 0.3 is 0 Å². The number of nitrogens with one attached hydrogen (secondary N) is 3. The van der Waals surface area contributed by atoms with Crippen molar-refractivity contribution in [1.29, 1.82) is 0 Å². The molecule has 0 bridgehead atoms. The summed E-state index contributed by atoms with van der Waals surface area (Å²) in [7, 11) is 1.31. The van der Waals surface area contributed by atoms with Gasteiger partial charge in [0.2, 0.25) is 17.8 Å². The summed E-state index contributed by atoms with van der Waals surface area (Å²) in [5.41, 5.74) is 3.31. The minimum absolute atomic E-state index is 0.0284. The lowest BCUT2D eigenvalue weighted by Gasteiger charge is -2.38. The lowest BCUT2D eigenvalue weighted by Crippen LogP contribution is -2.54.